The molecule has 1 N–H and O–H groups in total. The highest BCUT2D eigenvalue weighted by atomic mass is 32.1. The number of nitrogens with zero attached hydrogens (tertiary/aromatic N) is 1. The predicted molar refractivity (Wildman–Crippen MR) is 90.1 cm³/mol. The van der Waals surface area contributed by atoms with Crippen molar-refractivity contribution in [3.8, 4) is 0 Å². The molecule has 1 unspecified atom stereocenters. The Morgan fingerprint density at radius 2 is 2.10 bits per heavy atom. The predicted octanol–water partition coefficient (Wildman–Crippen LogP) is 4.05. The average Bonchev–Trinajstić information content (AvgIpc) is 2.95. The molecule has 21 heavy (non-hydrogen) atoms. The first kappa shape index (κ1) is 16.9. The zero-order valence-corrected chi connectivity index (χ0v) is 14.7. The van der Waals surface area contributed by atoms with E-state index in [1.54, 1.807) is 12.0 Å². The Morgan fingerprint density at radius 1 is 1.29 bits per heavy atom. The third kappa shape index (κ3) is 4.05. The number of aryl methyl sites for hydroxylation is 2. The van der Waals surface area contributed by atoms with E-state index in [-0.39, 0.29) is 5.54 Å². The second-order valence-corrected chi connectivity index (χ2v) is 7.14. The van der Waals surface area contributed by atoms with E-state index in [2.05, 4.69) is 19.2 Å². The summed E-state index contributed by atoms with van der Waals surface area (Å²) < 4.78 is 5.22. The van der Waals surface area contributed by atoms with E-state index in [1.165, 1.54) is 55.6 Å². The summed E-state index contributed by atoms with van der Waals surface area (Å²) in [6.07, 6.45) is 9.81. The van der Waals surface area contributed by atoms with Crippen LogP contribution in [0.15, 0.2) is 0 Å². The maximum absolute atomic E-state index is 5.22. The molecule has 0 bridgehead atoms. The molecule has 120 valence electrons. The molecule has 0 fully saturated rings. The van der Waals surface area contributed by atoms with Gasteiger partial charge < -0.3 is 10.1 Å². The van der Waals surface area contributed by atoms with Crippen LogP contribution in [0.2, 0.25) is 0 Å². The van der Waals surface area contributed by atoms with E-state index in [4.69, 9.17) is 9.72 Å². The van der Waals surface area contributed by atoms with Crippen LogP contribution in [0, 0.1) is 0 Å². The maximum Gasteiger partial charge on any atom is 0.113 e. The number of hydrogen-bond acceptors (Lipinski definition) is 4. The van der Waals surface area contributed by atoms with Crippen molar-refractivity contribution in [3.63, 3.8) is 0 Å². The number of fused-ring (bicyclic) bond motifs is 1. The summed E-state index contributed by atoms with van der Waals surface area (Å²) in [4.78, 5) is 6.58. The summed E-state index contributed by atoms with van der Waals surface area (Å²) in [6.45, 7) is 6.22. The molecular weight excluding hydrogens is 280 g/mol. The van der Waals surface area contributed by atoms with Crippen LogP contribution in [0.5, 0.6) is 0 Å². The summed E-state index contributed by atoms with van der Waals surface area (Å²) in [5.74, 6) is 0. The van der Waals surface area contributed by atoms with Crippen molar-refractivity contribution < 1.29 is 4.74 Å². The minimum absolute atomic E-state index is 0.0521. The first-order chi connectivity index (χ1) is 10.3. The highest BCUT2D eigenvalue weighted by molar-refractivity contribution is 7.11. The molecule has 0 aromatic carbocycles. The second kappa shape index (κ2) is 8.25. The molecule has 2 rings (SSSR count). The van der Waals surface area contributed by atoms with E-state index in [9.17, 15) is 0 Å². The average molecular weight is 311 g/mol. The summed E-state index contributed by atoms with van der Waals surface area (Å²) in [7, 11) is 1.77. The maximum atomic E-state index is 5.22. The smallest absolute Gasteiger partial charge is 0.113 e. The molecule has 1 aliphatic rings. The van der Waals surface area contributed by atoms with Crippen molar-refractivity contribution in [2.75, 3.05) is 20.3 Å². The zero-order valence-electron chi connectivity index (χ0n) is 13.8. The fourth-order valence-electron chi connectivity index (χ4n) is 3.15. The number of nitrogens with one attached hydrogen (secondary N) is 1. The summed E-state index contributed by atoms with van der Waals surface area (Å²) in [5.41, 5.74) is 1.43. The molecule has 1 aromatic heterocycles. The van der Waals surface area contributed by atoms with E-state index in [1.807, 2.05) is 11.3 Å². The van der Waals surface area contributed by atoms with Crippen LogP contribution in [0.4, 0.5) is 0 Å². The van der Waals surface area contributed by atoms with E-state index < -0.39 is 0 Å². The minimum atomic E-state index is 0.0521. The molecule has 4 heteroatoms. The minimum Gasteiger partial charge on any atom is -0.383 e. The lowest BCUT2D eigenvalue weighted by Gasteiger charge is -2.32. The Kier molecular flexibility index (Phi) is 6.65. The molecule has 3 nitrogen and oxygen atoms in total. The van der Waals surface area contributed by atoms with Gasteiger partial charge in [0.2, 0.25) is 0 Å². The van der Waals surface area contributed by atoms with Crippen LogP contribution < -0.4 is 5.32 Å². The van der Waals surface area contributed by atoms with E-state index >= 15 is 0 Å². The number of methoxy groups -OCH3 is 1. The molecule has 0 aliphatic heterocycles. The van der Waals surface area contributed by atoms with Gasteiger partial charge in [-0.1, -0.05) is 26.7 Å². The lowest BCUT2D eigenvalue weighted by molar-refractivity contribution is 0.177. The number of rotatable bonds is 9. The number of ether oxygens (including phenoxy) is 1. The summed E-state index contributed by atoms with van der Waals surface area (Å²) in [5, 5.41) is 5.09. The molecule has 0 amide bonds. The Morgan fingerprint density at radius 3 is 2.76 bits per heavy atom. The highest BCUT2D eigenvalue weighted by Gasteiger charge is 2.33. The Labute approximate surface area is 133 Å². The number of thiazole rings is 1. The molecule has 1 atom stereocenters. The van der Waals surface area contributed by atoms with Crippen LogP contribution in [-0.2, 0) is 23.1 Å². The fraction of sp³-hybridized carbons (Fsp3) is 0.824. The van der Waals surface area contributed by atoms with Gasteiger partial charge >= 0.3 is 0 Å². The SMILES string of the molecule is CCCCC(CC)(NCCOC)c1nc2c(s1)CCCC2. The molecule has 0 spiro atoms. The Bertz CT molecular complexity index is 409. The van der Waals surface area contributed by atoms with Crippen LogP contribution in [0.3, 0.4) is 0 Å². The molecule has 0 radical (unpaired) electrons. The van der Waals surface area contributed by atoms with Gasteiger partial charge in [-0.05, 0) is 38.5 Å². The highest BCUT2D eigenvalue weighted by Crippen LogP contribution is 2.37. The third-order valence-electron chi connectivity index (χ3n) is 4.59. The molecule has 0 saturated carbocycles. The van der Waals surface area contributed by atoms with Gasteiger partial charge in [-0.25, -0.2) is 4.98 Å². The molecular formula is C17H30N2OS. The molecule has 1 heterocycles. The van der Waals surface area contributed by atoms with Crippen LogP contribution in [0.25, 0.3) is 0 Å². The first-order valence-electron chi connectivity index (χ1n) is 8.48. The van der Waals surface area contributed by atoms with Gasteiger partial charge in [0.05, 0.1) is 17.8 Å². The van der Waals surface area contributed by atoms with Crippen LogP contribution in [0.1, 0.15) is 68.0 Å². The normalized spacial score (nSPS) is 17.5. The lowest BCUT2D eigenvalue weighted by atomic mass is 9.90. The topological polar surface area (TPSA) is 34.1 Å². The molecule has 0 saturated heterocycles. The van der Waals surface area contributed by atoms with Crippen molar-refractivity contribution in [3.05, 3.63) is 15.6 Å². The van der Waals surface area contributed by atoms with Crippen molar-refractivity contribution in [2.24, 2.45) is 0 Å². The molecule has 1 aliphatic carbocycles. The third-order valence-corrected chi connectivity index (χ3v) is 5.95. The fourth-order valence-corrected chi connectivity index (χ4v) is 4.57. The van der Waals surface area contributed by atoms with Gasteiger partial charge in [-0.2, -0.15) is 0 Å². The van der Waals surface area contributed by atoms with Crippen LogP contribution >= 0.6 is 11.3 Å². The first-order valence-corrected chi connectivity index (χ1v) is 9.30. The van der Waals surface area contributed by atoms with Gasteiger partial charge in [-0.15, -0.1) is 11.3 Å². The van der Waals surface area contributed by atoms with Gasteiger partial charge in [0.1, 0.15) is 5.01 Å². The summed E-state index contributed by atoms with van der Waals surface area (Å²) in [6, 6.07) is 0. The van der Waals surface area contributed by atoms with Crippen molar-refractivity contribution in [2.45, 2.75) is 70.8 Å². The van der Waals surface area contributed by atoms with Gasteiger partial charge in [-0.3, -0.25) is 0 Å². The van der Waals surface area contributed by atoms with Gasteiger partial charge in [0, 0.05) is 18.5 Å². The Hall–Kier alpha value is -0.450. The van der Waals surface area contributed by atoms with Gasteiger partial charge in [0.25, 0.3) is 0 Å². The quantitative estimate of drug-likeness (QED) is 0.699. The standard InChI is InChI=1S/C17H30N2OS/c1-4-6-11-17(5-2,18-12-13-20-3)16-19-14-9-7-8-10-15(14)21-16/h18H,4-13H2,1-3H3. The zero-order chi connectivity index (χ0) is 15.1. The Balaban J connectivity index is 2.21. The lowest BCUT2D eigenvalue weighted by Crippen LogP contribution is -2.43. The number of unbranched alkanes of at least 4 members (excludes halogenated alkanes) is 1. The van der Waals surface area contributed by atoms with E-state index in [0.29, 0.717) is 0 Å². The number of hydrogen-bond donors (Lipinski definition) is 1. The second-order valence-electron chi connectivity index (χ2n) is 6.05. The van der Waals surface area contributed by atoms with Crippen molar-refractivity contribution in [1.29, 1.82) is 0 Å². The molecule has 1 aromatic rings. The van der Waals surface area contributed by atoms with Crippen molar-refractivity contribution in [1.82, 2.24) is 10.3 Å². The largest absolute Gasteiger partial charge is 0.383 e. The number of aromatic nitrogens is 1. The van der Waals surface area contributed by atoms with Gasteiger partial charge in [0.15, 0.2) is 0 Å². The summed E-state index contributed by atoms with van der Waals surface area (Å²) >= 11 is 1.96. The van der Waals surface area contributed by atoms with E-state index in [0.717, 1.165) is 19.6 Å². The van der Waals surface area contributed by atoms with Crippen LogP contribution in [-0.4, -0.2) is 25.2 Å². The van der Waals surface area contributed by atoms with Crippen molar-refractivity contribution >= 4 is 11.3 Å². The monoisotopic (exact) mass is 310 g/mol.